The molecule has 1 saturated carbocycles. The number of halogens is 1. The van der Waals surface area contributed by atoms with Gasteiger partial charge >= 0.3 is 0 Å². The van der Waals surface area contributed by atoms with Crippen molar-refractivity contribution in [3.8, 4) is 0 Å². The fraction of sp³-hybridized carbons (Fsp3) is 0.345. The Morgan fingerprint density at radius 3 is 1.94 bits per heavy atom. The molecule has 1 saturated heterocycles. The van der Waals surface area contributed by atoms with Crippen molar-refractivity contribution in [1.82, 2.24) is 0 Å². The van der Waals surface area contributed by atoms with Gasteiger partial charge in [-0.2, -0.15) is 0 Å². The van der Waals surface area contributed by atoms with Gasteiger partial charge in [-0.1, -0.05) is 95.7 Å². The van der Waals surface area contributed by atoms with E-state index in [9.17, 15) is 9.90 Å². The van der Waals surface area contributed by atoms with Gasteiger partial charge in [-0.3, -0.25) is 4.79 Å². The molecule has 1 aliphatic carbocycles. The molecule has 1 heterocycles. The molecule has 0 unspecified atom stereocenters. The predicted molar refractivity (Wildman–Crippen MR) is 134 cm³/mol. The predicted octanol–water partition coefficient (Wildman–Crippen LogP) is 5.83. The summed E-state index contributed by atoms with van der Waals surface area (Å²) < 4.78 is 14.1. The number of hydrogen-bond acceptors (Lipinski definition) is 4. The molecule has 176 valence electrons. The van der Waals surface area contributed by atoms with Crippen molar-refractivity contribution in [3.63, 3.8) is 0 Å². The lowest BCUT2D eigenvalue weighted by molar-refractivity contribution is -0.305. The van der Waals surface area contributed by atoms with Crippen LogP contribution in [-0.2, 0) is 19.7 Å². The number of aliphatic hydroxyl groups excluding tert-OH is 1. The molecule has 3 aromatic rings. The lowest BCUT2D eigenvalue weighted by Gasteiger charge is -2.48. The lowest BCUT2D eigenvalue weighted by atomic mass is 9.74. The van der Waals surface area contributed by atoms with Crippen molar-refractivity contribution in [1.29, 1.82) is 0 Å². The molecule has 34 heavy (non-hydrogen) atoms. The molecular formula is C29H29BrO4. The van der Waals surface area contributed by atoms with Crippen LogP contribution < -0.4 is 0 Å². The fourth-order valence-electron chi connectivity index (χ4n) is 5.72. The van der Waals surface area contributed by atoms with Gasteiger partial charge in [-0.05, 0) is 35.2 Å². The molecule has 1 N–H and O–H groups in total. The summed E-state index contributed by atoms with van der Waals surface area (Å²) in [5, 5.41) is 11.2. The Labute approximate surface area is 209 Å². The summed E-state index contributed by atoms with van der Waals surface area (Å²) in [5.41, 5.74) is 2.52. The number of Topliss-reactive ketones (excluding diaryl/α,β-unsaturated/α-hetero) is 1. The molecule has 2 aliphatic rings. The number of hydrogen-bond donors (Lipinski definition) is 1. The van der Waals surface area contributed by atoms with Crippen molar-refractivity contribution < 1.29 is 19.4 Å². The number of rotatable bonds is 5. The highest BCUT2D eigenvalue weighted by Crippen LogP contribution is 2.52. The van der Waals surface area contributed by atoms with Crippen LogP contribution in [0.1, 0.15) is 42.6 Å². The van der Waals surface area contributed by atoms with Crippen LogP contribution in [0.3, 0.4) is 0 Å². The highest BCUT2D eigenvalue weighted by atomic mass is 79.9. The summed E-state index contributed by atoms with van der Waals surface area (Å²) in [6, 6.07) is 28.0. The molecule has 3 aromatic carbocycles. The molecule has 0 aromatic heterocycles. The van der Waals surface area contributed by atoms with Crippen LogP contribution in [0.2, 0.25) is 0 Å². The van der Waals surface area contributed by atoms with E-state index in [2.05, 4.69) is 40.2 Å². The van der Waals surface area contributed by atoms with Crippen LogP contribution in [0.25, 0.3) is 0 Å². The lowest BCUT2D eigenvalue weighted by Crippen LogP contribution is -2.54. The second kappa shape index (κ2) is 9.38. The van der Waals surface area contributed by atoms with E-state index in [0.29, 0.717) is 19.6 Å². The summed E-state index contributed by atoms with van der Waals surface area (Å²) in [5.74, 6) is -1.82. The van der Waals surface area contributed by atoms with Crippen molar-refractivity contribution in [3.05, 3.63) is 106 Å². The Kier molecular flexibility index (Phi) is 6.47. The van der Waals surface area contributed by atoms with Crippen molar-refractivity contribution in [2.45, 2.75) is 37.1 Å². The van der Waals surface area contributed by atoms with Crippen LogP contribution >= 0.6 is 15.9 Å². The maximum Gasteiger partial charge on any atom is 0.178 e. The van der Waals surface area contributed by atoms with Crippen LogP contribution in [-0.4, -0.2) is 29.9 Å². The summed E-state index contributed by atoms with van der Waals surface area (Å²) in [4.78, 5) is 13.3. The molecule has 1 spiro atoms. The van der Waals surface area contributed by atoms with E-state index < -0.39 is 23.2 Å². The Morgan fingerprint density at radius 1 is 0.912 bits per heavy atom. The zero-order valence-corrected chi connectivity index (χ0v) is 20.8. The van der Waals surface area contributed by atoms with Gasteiger partial charge < -0.3 is 14.6 Å². The summed E-state index contributed by atoms with van der Waals surface area (Å²) in [6.07, 6.45) is -0.0658. The van der Waals surface area contributed by atoms with Gasteiger partial charge in [0, 0.05) is 10.4 Å². The molecule has 0 bridgehead atoms. The van der Waals surface area contributed by atoms with Gasteiger partial charge in [0.05, 0.1) is 37.1 Å². The Hall–Kier alpha value is -2.31. The largest absolute Gasteiger partial charge is 0.388 e. The number of carbonyl (C=O) groups excluding carboxylic acids is 1. The number of ether oxygens (including phenoxy) is 2. The normalized spacial score (nSPS) is 24.3. The van der Waals surface area contributed by atoms with Gasteiger partial charge in [0.25, 0.3) is 0 Å². The zero-order chi connectivity index (χ0) is 23.8. The fourth-order valence-corrected chi connectivity index (χ4v) is 5.99. The van der Waals surface area contributed by atoms with Gasteiger partial charge in [0.2, 0.25) is 0 Å². The van der Waals surface area contributed by atoms with E-state index in [0.717, 1.165) is 21.2 Å². The minimum absolute atomic E-state index is 0.00538. The summed E-state index contributed by atoms with van der Waals surface area (Å²) >= 11 is 3.43. The molecule has 0 radical (unpaired) electrons. The minimum atomic E-state index is -1.01. The highest BCUT2D eigenvalue weighted by Gasteiger charge is 2.60. The van der Waals surface area contributed by atoms with Crippen molar-refractivity contribution >= 4 is 21.7 Å². The van der Waals surface area contributed by atoms with Crippen molar-refractivity contribution in [2.75, 3.05) is 13.2 Å². The molecule has 0 amide bonds. The monoisotopic (exact) mass is 520 g/mol. The Bertz CT molecular complexity index is 1080. The number of aliphatic hydroxyl groups is 1. The molecule has 5 heteroatoms. The maximum atomic E-state index is 13.3. The quantitative estimate of drug-likeness (QED) is 0.459. The average molecular weight is 521 g/mol. The Balaban J connectivity index is 1.46. The van der Waals surface area contributed by atoms with Crippen molar-refractivity contribution in [2.24, 2.45) is 11.8 Å². The van der Waals surface area contributed by atoms with Crippen LogP contribution in [0.4, 0.5) is 0 Å². The number of carbonyl (C=O) groups is 1. The van der Waals surface area contributed by atoms with E-state index in [-0.39, 0.29) is 18.1 Å². The molecule has 1 aliphatic heterocycles. The zero-order valence-electron chi connectivity index (χ0n) is 19.2. The molecule has 2 fully saturated rings. The topological polar surface area (TPSA) is 55.8 Å². The first-order chi connectivity index (χ1) is 16.5. The van der Waals surface area contributed by atoms with Gasteiger partial charge in [-0.25, -0.2) is 0 Å². The first kappa shape index (κ1) is 23.4. The number of benzene rings is 3. The number of ketones is 1. The second-order valence-corrected chi connectivity index (χ2v) is 10.3. The van der Waals surface area contributed by atoms with Crippen LogP contribution in [0.15, 0.2) is 89.4 Å². The molecule has 3 atom stereocenters. The van der Waals surface area contributed by atoms with E-state index in [1.807, 2.05) is 67.6 Å². The third-order valence-electron chi connectivity index (χ3n) is 7.56. The smallest absolute Gasteiger partial charge is 0.178 e. The highest BCUT2D eigenvalue weighted by molar-refractivity contribution is 9.10. The van der Waals surface area contributed by atoms with E-state index in [1.165, 1.54) is 0 Å². The van der Waals surface area contributed by atoms with Crippen LogP contribution in [0.5, 0.6) is 0 Å². The second-order valence-electron chi connectivity index (χ2n) is 9.38. The first-order valence-electron chi connectivity index (χ1n) is 11.8. The summed E-state index contributed by atoms with van der Waals surface area (Å²) in [6.45, 7) is 2.85. The SMILES string of the molecule is CC[C@@H]1[C@@H]([C@@H](O)c2ccc(Br)cc2)C(=O)CC12OCC(c1ccccc1)(c1ccccc1)CO2. The molecular weight excluding hydrogens is 492 g/mol. The average Bonchev–Trinajstić information content (AvgIpc) is 3.16. The van der Waals surface area contributed by atoms with Crippen LogP contribution in [0, 0.1) is 11.8 Å². The first-order valence-corrected chi connectivity index (χ1v) is 12.6. The molecule has 4 nitrogen and oxygen atoms in total. The standard InChI is InChI=1S/C29H29BrO4/c1-2-24-26(27(32)20-13-15-23(30)16-14-20)25(31)17-29(24)33-18-28(19-34-29,21-9-5-3-6-10-21)22-11-7-4-8-12-22/h3-16,24,26-27,32H,2,17-19H2,1H3/t24-,26-,27+/m1/s1. The minimum Gasteiger partial charge on any atom is -0.388 e. The van der Waals surface area contributed by atoms with E-state index in [1.54, 1.807) is 0 Å². The molecule has 5 rings (SSSR count). The van der Waals surface area contributed by atoms with Gasteiger partial charge in [0.1, 0.15) is 5.78 Å². The summed E-state index contributed by atoms with van der Waals surface area (Å²) in [7, 11) is 0. The van der Waals surface area contributed by atoms with Gasteiger partial charge in [0.15, 0.2) is 5.79 Å². The third-order valence-corrected chi connectivity index (χ3v) is 8.09. The third kappa shape index (κ3) is 3.95. The van der Waals surface area contributed by atoms with E-state index in [4.69, 9.17) is 9.47 Å². The maximum absolute atomic E-state index is 13.3. The Morgan fingerprint density at radius 2 is 1.44 bits per heavy atom. The van der Waals surface area contributed by atoms with E-state index >= 15 is 0 Å². The van der Waals surface area contributed by atoms with Gasteiger partial charge in [-0.15, -0.1) is 0 Å².